The van der Waals surface area contributed by atoms with Gasteiger partial charge in [-0.05, 0) is 12.1 Å². The number of fused-ring (bicyclic) bond motifs is 3. The number of thioether (sulfide) groups is 1. The van der Waals surface area contributed by atoms with Gasteiger partial charge in [0.1, 0.15) is 12.0 Å². The van der Waals surface area contributed by atoms with Gasteiger partial charge in [0.25, 0.3) is 5.56 Å². The van der Waals surface area contributed by atoms with E-state index in [1.54, 1.807) is 16.7 Å². The molecule has 1 aromatic carbocycles. The number of hydrogen-bond donors (Lipinski definition) is 3. The van der Waals surface area contributed by atoms with Crippen LogP contribution in [0.25, 0.3) is 16.7 Å². The van der Waals surface area contributed by atoms with Crippen LogP contribution in [0.5, 0.6) is 0 Å². The lowest BCUT2D eigenvalue weighted by Gasteiger charge is -2.31. The second kappa shape index (κ2) is 7.01. The summed E-state index contributed by atoms with van der Waals surface area (Å²) >= 11 is 1.64. The number of aromatic amines is 1. The van der Waals surface area contributed by atoms with E-state index in [0.717, 1.165) is 10.5 Å². The predicted molar refractivity (Wildman–Crippen MR) is 101 cm³/mol. The van der Waals surface area contributed by atoms with Crippen molar-refractivity contribution in [2.75, 3.05) is 29.5 Å². The lowest BCUT2D eigenvalue weighted by atomic mass is 10.1. The summed E-state index contributed by atoms with van der Waals surface area (Å²) in [5.41, 5.74) is -2.00. The Balaban J connectivity index is 2.04. The molecule has 3 N–H and O–H groups in total. The van der Waals surface area contributed by atoms with Crippen molar-refractivity contribution in [1.82, 2.24) is 19.6 Å². The molecular weight excluding hydrogens is 434 g/mol. The molecule has 0 unspecified atom stereocenters. The normalized spacial score (nSPS) is 16.1. The zero-order valence-electron chi connectivity index (χ0n) is 14.7. The Kier molecular flexibility index (Phi) is 4.88. The maximum Gasteiger partial charge on any atom is 0.418 e. The van der Waals surface area contributed by atoms with Gasteiger partial charge in [0.15, 0.2) is 0 Å². The van der Waals surface area contributed by atoms with Crippen molar-refractivity contribution >= 4 is 41.7 Å². The van der Waals surface area contributed by atoms with Crippen molar-refractivity contribution < 1.29 is 27.5 Å². The lowest BCUT2D eigenvalue weighted by molar-refractivity contribution is -0.137. The summed E-state index contributed by atoms with van der Waals surface area (Å²) in [5.74, 6) is 1.14. The van der Waals surface area contributed by atoms with E-state index in [-0.39, 0.29) is 28.2 Å². The average molecular weight is 449 g/mol. The summed E-state index contributed by atoms with van der Waals surface area (Å²) in [7, 11) is -4.55. The first-order valence-corrected chi connectivity index (χ1v) is 11.4. The monoisotopic (exact) mass is 449 g/mol. The molecule has 0 amide bonds. The molecule has 0 aliphatic carbocycles. The summed E-state index contributed by atoms with van der Waals surface area (Å²) in [6.45, 7) is 0.840. The molecule has 3 heterocycles. The van der Waals surface area contributed by atoms with E-state index in [4.69, 9.17) is 0 Å². The minimum Gasteiger partial charge on any atom is -0.369 e. The molecule has 14 heteroatoms. The second-order valence-electron chi connectivity index (χ2n) is 6.54. The quantitative estimate of drug-likeness (QED) is 0.518. The Morgan fingerprint density at radius 3 is 2.52 bits per heavy atom. The molecule has 3 aromatic rings. The fraction of sp³-hybridized carbons (Fsp3) is 0.400. The predicted octanol–water partition coefficient (Wildman–Crippen LogP) is 1.82. The Bertz CT molecular complexity index is 1200. The first-order chi connectivity index (χ1) is 13.5. The van der Waals surface area contributed by atoms with Crippen LogP contribution in [0.1, 0.15) is 11.4 Å². The molecule has 4 rings (SSSR count). The number of halogens is 3. The third-order valence-corrected chi connectivity index (χ3v) is 6.18. The lowest BCUT2D eigenvalue weighted by Crippen LogP contribution is -2.34. The summed E-state index contributed by atoms with van der Waals surface area (Å²) in [5, 5.41) is 7.32. The summed E-state index contributed by atoms with van der Waals surface area (Å²) in [6.07, 6.45) is -5.45. The van der Waals surface area contributed by atoms with E-state index in [0.29, 0.717) is 24.6 Å². The molecule has 156 valence electrons. The maximum absolute atomic E-state index is 13.7. The highest BCUT2D eigenvalue weighted by molar-refractivity contribution is 7.99. The van der Waals surface area contributed by atoms with Crippen LogP contribution < -0.4 is 10.5 Å². The van der Waals surface area contributed by atoms with Crippen molar-refractivity contribution in [1.29, 1.82) is 0 Å². The molecule has 29 heavy (non-hydrogen) atoms. The number of anilines is 1. The van der Waals surface area contributed by atoms with Crippen molar-refractivity contribution in [3.8, 4) is 0 Å². The van der Waals surface area contributed by atoms with Crippen LogP contribution in [0, 0.1) is 0 Å². The van der Waals surface area contributed by atoms with E-state index < -0.39 is 31.1 Å². The number of nitrogens with one attached hydrogen (secondary N) is 1. The molecule has 0 spiro atoms. The zero-order valence-corrected chi connectivity index (χ0v) is 16.4. The van der Waals surface area contributed by atoms with Gasteiger partial charge < -0.3 is 19.7 Å². The number of rotatable bonds is 3. The number of H-pyrrole nitrogens is 1. The second-order valence-corrected chi connectivity index (χ2v) is 9.41. The first-order valence-electron chi connectivity index (χ1n) is 8.43. The van der Waals surface area contributed by atoms with E-state index in [1.807, 2.05) is 0 Å². The molecule has 1 saturated heterocycles. The molecule has 0 bridgehead atoms. The number of hydrogen-bond acceptors (Lipinski definition) is 6. The fourth-order valence-electron chi connectivity index (χ4n) is 3.34. The van der Waals surface area contributed by atoms with Gasteiger partial charge >= 0.3 is 13.8 Å². The molecule has 1 fully saturated rings. The average Bonchev–Trinajstić information content (AvgIpc) is 3.04. The molecule has 0 atom stereocenters. The molecule has 0 radical (unpaired) electrons. The zero-order chi connectivity index (χ0) is 21.0. The molecule has 1 aliphatic heterocycles. The minimum absolute atomic E-state index is 0.0607. The van der Waals surface area contributed by atoms with E-state index in [2.05, 4.69) is 15.2 Å². The van der Waals surface area contributed by atoms with Crippen LogP contribution in [0.15, 0.2) is 16.9 Å². The summed E-state index contributed by atoms with van der Waals surface area (Å²) in [6, 6.07) is 2.11. The molecule has 2 aromatic heterocycles. The van der Waals surface area contributed by atoms with Gasteiger partial charge in [-0.15, -0.1) is 10.2 Å². The third kappa shape index (κ3) is 3.87. The van der Waals surface area contributed by atoms with Gasteiger partial charge in [-0.3, -0.25) is 13.8 Å². The molecule has 0 saturated carbocycles. The van der Waals surface area contributed by atoms with Crippen molar-refractivity contribution in [3.63, 3.8) is 0 Å². The van der Waals surface area contributed by atoms with E-state index in [9.17, 15) is 32.3 Å². The van der Waals surface area contributed by atoms with Crippen LogP contribution in [0.3, 0.4) is 0 Å². The number of benzene rings is 1. The standard InChI is InChI=1S/C15H15F3N5O4PS/c16-15(17,18)8-5-9-11(6-10(8)22-1-3-29-4-2-22)23-12(7-28(25,26)27)20-21-13(23)14(24)19-9/h5-6H,1-4,7H2,(H,19,24)(H2,25,26,27). The molecular formula is C15H15F3N5O4PS. The van der Waals surface area contributed by atoms with Crippen molar-refractivity contribution in [3.05, 3.63) is 33.9 Å². The van der Waals surface area contributed by atoms with Crippen molar-refractivity contribution in [2.24, 2.45) is 0 Å². The van der Waals surface area contributed by atoms with Gasteiger partial charge in [0.2, 0.25) is 5.65 Å². The van der Waals surface area contributed by atoms with Crippen LogP contribution >= 0.6 is 19.4 Å². The largest absolute Gasteiger partial charge is 0.418 e. The number of nitrogens with zero attached hydrogens (tertiary/aromatic N) is 4. The Morgan fingerprint density at radius 1 is 1.21 bits per heavy atom. The maximum atomic E-state index is 13.7. The van der Waals surface area contributed by atoms with Gasteiger partial charge in [-0.2, -0.15) is 24.9 Å². The van der Waals surface area contributed by atoms with Gasteiger partial charge in [0.05, 0.1) is 22.3 Å². The minimum atomic E-state index is -4.65. The van der Waals surface area contributed by atoms with Crippen LogP contribution in [0.2, 0.25) is 0 Å². The third-order valence-electron chi connectivity index (χ3n) is 4.54. The summed E-state index contributed by atoms with van der Waals surface area (Å²) in [4.78, 5) is 34.8. The van der Waals surface area contributed by atoms with Gasteiger partial charge in [-0.1, -0.05) is 0 Å². The van der Waals surface area contributed by atoms with Crippen LogP contribution in [-0.4, -0.2) is 54.0 Å². The topological polar surface area (TPSA) is 124 Å². The SMILES string of the molecule is O=c1[nH]c2cc(C(F)(F)F)c(N3CCSCC3)cc2n2c(CP(=O)(O)O)nnc12. The van der Waals surface area contributed by atoms with Crippen molar-refractivity contribution in [2.45, 2.75) is 12.3 Å². The Morgan fingerprint density at radius 2 is 1.90 bits per heavy atom. The number of aromatic nitrogens is 4. The molecule has 1 aliphatic rings. The fourth-order valence-corrected chi connectivity index (χ4v) is 4.81. The highest BCUT2D eigenvalue weighted by Crippen LogP contribution is 2.41. The Labute approximate surface area is 165 Å². The van der Waals surface area contributed by atoms with E-state index in [1.165, 1.54) is 6.07 Å². The van der Waals surface area contributed by atoms with E-state index >= 15 is 0 Å². The first kappa shape index (κ1) is 20.2. The number of alkyl halides is 3. The van der Waals surface area contributed by atoms with Crippen LogP contribution in [0.4, 0.5) is 18.9 Å². The van der Waals surface area contributed by atoms with Gasteiger partial charge in [0, 0.05) is 24.6 Å². The van der Waals surface area contributed by atoms with Crippen LogP contribution in [-0.2, 0) is 16.9 Å². The highest BCUT2D eigenvalue weighted by atomic mass is 32.2. The highest BCUT2D eigenvalue weighted by Gasteiger charge is 2.36. The molecule has 9 nitrogen and oxygen atoms in total. The Hall–Kier alpha value is -2.08. The van der Waals surface area contributed by atoms with Gasteiger partial charge in [-0.25, -0.2) is 0 Å². The summed E-state index contributed by atoms with van der Waals surface area (Å²) < 4.78 is 53.7. The smallest absolute Gasteiger partial charge is 0.369 e.